The van der Waals surface area contributed by atoms with Crippen molar-refractivity contribution in [3.63, 3.8) is 0 Å². The highest BCUT2D eigenvalue weighted by molar-refractivity contribution is 5.39. The van der Waals surface area contributed by atoms with Crippen LogP contribution in [-0.4, -0.2) is 16.6 Å². The minimum Gasteiger partial charge on any atom is -0.478 e. The highest BCUT2D eigenvalue weighted by atomic mass is 16.5. The summed E-state index contributed by atoms with van der Waals surface area (Å²) in [7, 11) is 0. The molecule has 1 heterocycles. The molecule has 1 aromatic heterocycles. The second-order valence-corrected chi connectivity index (χ2v) is 5.88. The summed E-state index contributed by atoms with van der Waals surface area (Å²) >= 11 is 0. The van der Waals surface area contributed by atoms with Gasteiger partial charge < -0.3 is 10.1 Å². The van der Waals surface area contributed by atoms with Crippen LogP contribution in [0.25, 0.3) is 0 Å². The molecule has 1 N–H and O–H groups in total. The van der Waals surface area contributed by atoms with Crippen molar-refractivity contribution < 1.29 is 4.74 Å². The van der Waals surface area contributed by atoms with Gasteiger partial charge >= 0.3 is 0 Å². The molecule has 0 aliphatic heterocycles. The van der Waals surface area contributed by atoms with Gasteiger partial charge in [-0.1, -0.05) is 43.7 Å². The summed E-state index contributed by atoms with van der Waals surface area (Å²) in [5.41, 5.74) is 2.50. The number of hydrogen-bond donors (Lipinski definition) is 1. The molecule has 4 nitrogen and oxygen atoms in total. The van der Waals surface area contributed by atoms with Crippen molar-refractivity contribution in [1.29, 1.82) is 0 Å². The molecule has 0 radical (unpaired) electrons. The van der Waals surface area contributed by atoms with Crippen LogP contribution in [0.3, 0.4) is 0 Å². The molecule has 4 heteroatoms. The topological polar surface area (TPSA) is 47.0 Å². The normalized spacial score (nSPS) is 10.8. The molecule has 2 aromatic rings. The first-order valence-corrected chi connectivity index (χ1v) is 7.87. The lowest BCUT2D eigenvalue weighted by atomic mass is 10.1. The van der Waals surface area contributed by atoms with Gasteiger partial charge in [0, 0.05) is 19.0 Å². The van der Waals surface area contributed by atoms with Crippen molar-refractivity contribution in [2.24, 2.45) is 5.92 Å². The zero-order chi connectivity index (χ0) is 15.9. The molecule has 118 valence electrons. The smallest absolute Gasteiger partial charge is 0.218 e. The third-order valence-electron chi connectivity index (χ3n) is 3.23. The van der Waals surface area contributed by atoms with Gasteiger partial charge in [0.2, 0.25) is 5.88 Å². The van der Waals surface area contributed by atoms with Crippen molar-refractivity contribution >= 4 is 5.82 Å². The Balaban J connectivity index is 2.10. The van der Waals surface area contributed by atoms with Gasteiger partial charge in [0.15, 0.2) is 0 Å². The Kier molecular flexibility index (Phi) is 5.75. The summed E-state index contributed by atoms with van der Waals surface area (Å²) in [5.74, 6) is 2.79. The molecule has 1 aromatic carbocycles. The van der Waals surface area contributed by atoms with Gasteiger partial charge in [-0.25, -0.2) is 4.98 Å². The summed E-state index contributed by atoms with van der Waals surface area (Å²) in [6.07, 6.45) is 0.847. The van der Waals surface area contributed by atoms with Crippen LogP contribution >= 0.6 is 0 Å². The van der Waals surface area contributed by atoms with E-state index < -0.39 is 0 Å². The van der Waals surface area contributed by atoms with Crippen LogP contribution < -0.4 is 10.1 Å². The van der Waals surface area contributed by atoms with E-state index in [0.717, 1.165) is 24.6 Å². The van der Waals surface area contributed by atoms with Crippen molar-refractivity contribution in [1.82, 2.24) is 9.97 Å². The molecule has 0 fully saturated rings. The van der Waals surface area contributed by atoms with E-state index in [1.165, 1.54) is 11.1 Å². The maximum atomic E-state index is 5.55. The average molecular weight is 299 g/mol. The third kappa shape index (κ3) is 5.02. The van der Waals surface area contributed by atoms with E-state index in [4.69, 9.17) is 4.74 Å². The average Bonchev–Trinajstić information content (AvgIpc) is 2.46. The number of ether oxygens (including phenoxy) is 1. The van der Waals surface area contributed by atoms with Crippen molar-refractivity contribution in [3.8, 4) is 5.88 Å². The fraction of sp³-hybridized carbons (Fsp3) is 0.444. The molecule has 2 rings (SSSR count). The first-order chi connectivity index (χ1) is 10.6. The molecular weight excluding hydrogens is 274 g/mol. The van der Waals surface area contributed by atoms with Gasteiger partial charge in [0.1, 0.15) is 11.6 Å². The Morgan fingerprint density at radius 2 is 1.86 bits per heavy atom. The van der Waals surface area contributed by atoms with Crippen LogP contribution in [-0.2, 0) is 13.0 Å². The molecule has 0 aliphatic rings. The number of rotatable bonds is 7. The fourth-order valence-electron chi connectivity index (χ4n) is 2.14. The van der Waals surface area contributed by atoms with Crippen molar-refractivity contribution in [2.45, 2.75) is 40.7 Å². The lowest BCUT2D eigenvalue weighted by molar-refractivity contribution is 0.324. The summed E-state index contributed by atoms with van der Waals surface area (Å²) in [5, 5.41) is 3.36. The number of nitrogens with zero attached hydrogens (tertiary/aromatic N) is 2. The molecule has 0 spiro atoms. The molecule has 0 unspecified atom stereocenters. The monoisotopic (exact) mass is 299 g/mol. The lowest BCUT2D eigenvalue weighted by Gasteiger charge is -2.11. The van der Waals surface area contributed by atoms with Crippen LogP contribution in [0.15, 0.2) is 30.3 Å². The van der Waals surface area contributed by atoms with E-state index in [-0.39, 0.29) is 0 Å². The van der Waals surface area contributed by atoms with E-state index in [9.17, 15) is 0 Å². The third-order valence-corrected chi connectivity index (χ3v) is 3.23. The van der Waals surface area contributed by atoms with Gasteiger partial charge in [-0.15, -0.1) is 0 Å². The van der Waals surface area contributed by atoms with Crippen LogP contribution in [0.5, 0.6) is 5.88 Å². The Morgan fingerprint density at radius 1 is 1.14 bits per heavy atom. The summed E-state index contributed by atoms with van der Waals surface area (Å²) in [6, 6.07) is 10.4. The maximum absolute atomic E-state index is 5.55. The van der Waals surface area contributed by atoms with Crippen LogP contribution in [0.4, 0.5) is 5.82 Å². The maximum Gasteiger partial charge on any atom is 0.218 e. The highest BCUT2D eigenvalue weighted by Gasteiger charge is 2.07. The first kappa shape index (κ1) is 16.3. The Hall–Kier alpha value is -2.10. The van der Waals surface area contributed by atoms with Gasteiger partial charge in [-0.05, 0) is 25.3 Å². The molecular formula is C18H25N3O. The lowest BCUT2D eigenvalue weighted by Crippen LogP contribution is -2.08. The largest absolute Gasteiger partial charge is 0.478 e. The van der Waals surface area contributed by atoms with Crippen LogP contribution in [0.1, 0.15) is 37.7 Å². The van der Waals surface area contributed by atoms with Gasteiger partial charge in [-0.2, -0.15) is 4.98 Å². The van der Waals surface area contributed by atoms with E-state index in [1.807, 2.05) is 13.0 Å². The molecule has 0 saturated carbocycles. The Labute approximate surface area is 133 Å². The zero-order valence-corrected chi connectivity index (χ0v) is 13.9. The number of nitrogens with one attached hydrogen (secondary N) is 1. The van der Waals surface area contributed by atoms with Gasteiger partial charge in [0.05, 0.1) is 6.61 Å². The number of benzene rings is 1. The molecule has 0 saturated heterocycles. The predicted molar refractivity (Wildman–Crippen MR) is 90.2 cm³/mol. The second kappa shape index (κ2) is 7.78. The number of aryl methyl sites for hydroxylation is 1. The van der Waals surface area contributed by atoms with E-state index >= 15 is 0 Å². The Morgan fingerprint density at radius 3 is 2.50 bits per heavy atom. The SMILES string of the molecule is CCOc1cc(NCc2ccc(C)cc2)nc(CC(C)C)n1. The molecule has 0 amide bonds. The molecule has 0 atom stereocenters. The molecule has 22 heavy (non-hydrogen) atoms. The summed E-state index contributed by atoms with van der Waals surface area (Å²) in [6.45, 7) is 9.73. The minimum absolute atomic E-state index is 0.516. The fourth-order valence-corrected chi connectivity index (χ4v) is 2.14. The number of anilines is 1. The summed E-state index contributed by atoms with van der Waals surface area (Å²) < 4.78 is 5.55. The molecule has 0 aliphatic carbocycles. The van der Waals surface area contributed by atoms with E-state index in [1.54, 1.807) is 0 Å². The van der Waals surface area contributed by atoms with E-state index in [0.29, 0.717) is 18.4 Å². The minimum atomic E-state index is 0.516. The zero-order valence-electron chi connectivity index (χ0n) is 13.9. The highest BCUT2D eigenvalue weighted by Crippen LogP contribution is 2.16. The van der Waals surface area contributed by atoms with Crippen molar-refractivity contribution in [3.05, 3.63) is 47.3 Å². The van der Waals surface area contributed by atoms with Gasteiger partial charge in [0.25, 0.3) is 0 Å². The van der Waals surface area contributed by atoms with Gasteiger partial charge in [-0.3, -0.25) is 0 Å². The van der Waals surface area contributed by atoms with Crippen molar-refractivity contribution in [2.75, 3.05) is 11.9 Å². The molecule has 0 bridgehead atoms. The standard InChI is InChI=1S/C18H25N3O/c1-5-22-18-11-16(20-17(21-18)10-13(2)3)19-12-15-8-6-14(4)7-9-15/h6-9,11,13H,5,10,12H2,1-4H3,(H,19,20,21). The second-order valence-electron chi connectivity index (χ2n) is 5.88. The van der Waals surface area contributed by atoms with Crippen LogP contribution in [0.2, 0.25) is 0 Å². The van der Waals surface area contributed by atoms with E-state index in [2.05, 4.69) is 60.3 Å². The first-order valence-electron chi connectivity index (χ1n) is 7.87. The number of aromatic nitrogens is 2. The quantitative estimate of drug-likeness (QED) is 0.839. The Bertz CT molecular complexity index is 594. The number of hydrogen-bond acceptors (Lipinski definition) is 4. The predicted octanol–water partition coefficient (Wildman–Crippen LogP) is 3.99. The van der Waals surface area contributed by atoms with Crippen LogP contribution in [0, 0.1) is 12.8 Å². The summed E-state index contributed by atoms with van der Waals surface area (Å²) in [4.78, 5) is 9.04.